The molecule has 0 N–H and O–H groups in total. The van der Waals surface area contributed by atoms with Crippen LogP contribution in [0, 0.1) is 6.92 Å². The summed E-state index contributed by atoms with van der Waals surface area (Å²) >= 11 is 5.17. The molecular weight excluding hydrogens is 262 g/mol. The van der Waals surface area contributed by atoms with E-state index in [1.54, 1.807) is 6.07 Å². The molecule has 1 aromatic carbocycles. The first-order chi connectivity index (χ1) is 5.65. The van der Waals surface area contributed by atoms with Gasteiger partial charge in [-0.1, -0.05) is 0 Å². The number of aryl methyl sites for hydroxylation is 1. The van der Waals surface area contributed by atoms with Crippen LogP contribution in [-0.4, -0.2) is 19.3 Å². The number of benzene rings is 1. The van der Waals surface area contributed by atoms with Crippen molar-refractivity contribution in [3.05, 3.63) is 29.3 Å². The molecule has 1 nitrogen and oxygen atoms in total. The molecule has 0 aliphatic rings. The summed E-state index contributed by atoms with van der Waals surface area (Å²) in [5.74, 6) is 0. The Bertz CT molecular complexity index is 312. The van der Waals surface area contributed by atoms with Crippen LogP contribution in [-0.2, 0) is 0 Å². The van der Waals surface area contributed by atoms with Gasteiger partial charge in [-0.05, 0) is 0 Å². The van der Waals surface area contributed by atoms with Crippen LogP contribution in [0.2, 0.25) is 0 Å². The Morgan fingerprint density at radius 3 is 2.67 bits per heavy atom. The molecule has 0 aliphatic carbocycles. The third-order valence-corrected chi connectivity index (χ3v) is 3.59. The quantitative estimate of drug-likeness (QED) is 0.591. The molecule has 12 heavy (non-hydrogen) atoms. The Kier molecular flexibility index (Phi) is 3.60. The second-order valence-electron chi connectivity index (χ2n) is 2.35. The maximum absolute atomic E-state index is 10.9. The molecular formula is C8H6Cl2OSe. The van der Waals surface area contributed by atoms with Crippen LogP contribution in [0.15, 0.2) is 18.2 Å². The second-order valence-corrected chi connectivity index (χ2v) is 4.74. The molecule has 0 spiro atoms. The number of hydrogen-bond acceptors (Lipinski definition) is 1. The van der Waals surface area contributed by atoms with Crippen LogP contribution in [0.3, 0.4) is 0 Å². The fraction of sp³-hybridized carbons (Fsp3) is 0.125. The summed E-state index contributed by atoms with van der Waals surface area (Å²) in [7, 11) is 5.68. The molecule has 0 amide bonds. The van der Waals surface area contributed by atoms with Crippen molar-refractivity contribution in [2.24, 2.45) is 0 Å². The van der Waals surface area contributed by atoms with E-state index in [-0.39, 0.29) is 14.0 Å². The molecule has 0 radical (unpaired) electrons. The van der Waals surface area contributed by atoms with Crippen molar-refractivity contribution < 1.29 is 4.79 Å². The molecule has 4 heteroatoms. The van der Waals surface area contributed by atoms with Gasteiger partial charge in [-0.25, -0.2) is 0 Å². The summed E-state index contributed by atoms with van der Waals surface area (Å²) in [6.45, 7) is 1.91. The summed E-state index contributed by atoms with van der Waals surface area (Å²) in [6, 6.07) is 5.52. The van der Waals surface area contributed by atoms with E-state index in [1.807, 2.05) is 19.1 Å². The summed E-state index contributed by atoms with van der Waals surface area (Å²) in [5.41, 5.74) is 1.55. The average molecular weight is 268 g/mol. The Labute approximate surface area is 86.4 Å². The van der Waals surface area contributed by atoms with E-state index in [4.69, 9.17) is 21.7 Å². The van der Waals surface area contributed by atoms with Gasteiger partial charge in [0.05, 0.1) is 0 Å². The summed E-state index contributed by atoms with van der Waals surface area (Å²) in [5, 5.41) is -0.434. The van der Waals surface area contributed by atoms with Crippen molar-refractivity contribution in [1.29, 1.82) is 0 Å². The fourth-order valence-corrected chi connectivity index (χ4v) is 2.59. The molecule has 1 aromatic rings. The van der Waals surface area contributed by atoms with Gasteiger partial charge in [0.15, 0.2) is 0 Å². The molecule has 0 bridgehead atoms. The second kappa shape index (κ2) is 4.29. The van der Waals surface area contributed by atoms with Crippen LogP contribution < -0.4 is 4.46 Å². The minimum absolute atomic E-state index is 0.201. The van der Waals surface area contributed by atoms with Gasteiger partial charge < -0.3 is 0 Å². The number of carbonyl (C=O) groups is 1. The zero-order chi connectivity index (χ0) is 9.14. The molecule has 1 rings (SSSR count). The van der Waals surface area contributed by atoms with Crippen molar-refractivity contribution >= 4 is 45.4 Å². The molecule has 0 fully saturated rings. The number of rotatable bonds is 2. The van der Waals surface area contributed by atoms with Gasteiger partial charge in [-0.3, -0.25) is 0 Å². The molecule has 0 aliphatic heterocycles. The summed E-state index contributed by atoms with van der Waals surface area (Å²) < 4.78 is 0.842. The van der Waals surface area contributed by atoms with E-state index in [9.17, 15) is 4.79 Å². The van der Waals surface area contributed by atoms with Crippen LogP contribution in [0.5, 0.6) is 0 Å². The first-order valence-electron chi connectivity index (χ1n) is 3.24. The standard InChI is InChI=1S/C8H6Cl2OSe/c1-5-2-3-7(12-10)6(4-5)8(9)11/h2-4H,1H3. The molecule has 0 atom stereocenters. The molecule has 0 aromatic heterocycles. The van der Waals surface area contributed by atoms with Gasteiger partial charge in [0.25, 0.3) is 0 Å². The Balaban J connectivity index is 3.21. The van der Waals surface area contributed by atoms with Crippen LogP contribution in [0.4, 0.5) is 0 Å². The third-order valence-electron chi connectivity index (χ3n) is 1.43. The normalized spacial score (nSPS) is 9.92. The number of hydrogen-bond donors (Lipinski definition) is 0. The molecule has 0 saturated heterocycles. The van der Waals surface area contributed by atoms with E-state index < -0.39 is 5.24 Å². The van der Waals surface area contributed by atoms with Crippen molar-refractivity contribution in [2.75, 3.05) is 0 Å². The van der Waals surface area contributed by atoms with Gasteiger partial charge in [-0.2, -0.15) is 0 Å². The average Bonchev–Trinajstić information content (AvgIpc) is 2.04. The van der Waals surface area contributed by atoms with Crippen molar-refractivity contribution in [3.63, 3.8) is 0 Å². The summed E-state index contributed by atoms with van der Waals surface area (Å²) in [6.07, 6.45) is 0. The first kappa shape index (κ1) is 10.1. The van der Waals surface area contributed by atoms with Gasteiger partial charge in [0, 0.05) is 0 Å². The third kappa shape index (κ3) is 2.24. The topological polar surface area (TPSA) is 17.1 Å². The minimum atomic E-state index is -0.434. The summed E-state index contributed by atoms with van der Waals surface area (Å²) in [4.78, 5) is 10.9. The molecule has 0 heterocycles. The zero-order valence-electron chi connectivity index (χ0n) is 6.30. The SMILES string of the molecule is Cc1ccc([Se]Cl)c(C(=O)Cl)c1. The van der Waals surface area contributed by atoms with Crippen LogP contribution in [0.25, 0.3) is 0 Å². The van der Waals surface area contributed by atoms with E-state index in [0.717, 1.165) is 10.0 Å². The molecule has 0 unspecified atom stereocenters. The Morgan fingerprint density at radius 1 is 1.50 bits per heavy atom. The van der Waals surface area contributed by atoms with Crippen molar-refractivity contribution in [2.45, 2.75) is 6.92 Å². The predicted octanol–water partition coefficient (Wildman–Crippen LogP) is 1.86. The fourth-order valence-electron chi connectivity index (χ4n) is 0.865. The van der Waals surface area contributed by atoms with E-state index in [0.29, 0.717) is 5.56 Å². The number of halogens is 2. The van der Waals surface area contributed by atoms with E-state index in [1.165, 1.54) is 0 Å². The van der Waals surface area contributed by atoms with Crippen molar-refractivity contribution in [3.8, 4) is 0 Å². The Hall–Kier alpha value is -0.0105. The first-order valence-corrected chi connectivity index (χ1v) is 6.73. The van der Waals surface area contributed by atoms with Crippen LogP contribution >= 0.6 is 21.7 Å². The molecule has 0 saturated carbocycles. The van der Waals surface area contributed by atoms with Gasteiger partial charge in [-0.15, -0.1) is 0 Å². The number of carbonyl (C=O) groups excluding carboxylic acids is 1. The predicted molar refractivity (Wildman–Crippen MR) is 52.6 cm³/mol. The monoisotopic (exact) mass is 268 g/mol. The van der Waals surface area contributed by atoms with Gasteiger partial charge in [0.2, 0.25) is 0 Å². The van der Waals surface area contributed by atoms with E-state index >= 15 is 0 Å². The molecule has 64 valence electrons. The van der Waals surface area contributed by atoms with Crippen LogP contribution in [0.1, 0.15) is 15.9 Å². The zero-order valence-corrected chi connectivity index (χ0v) is 9.53. The maximum atomic E-state index is 10.9. The Morgan fingerprint density at radius 2 is 2.17 bits per heavy atom. The van der Waals surface area contributed by atoms with E-state index in [2.05, 4.69) is 0 Å². The van der Waals surface area contributed by atoms with Crippen molar-refractivity contribution in [1.82, 2.24) is 0 Å². The van der Waals surface area contributed by atoms with Gasteiger partial charge in [0.1, 0.15) is 0 Å². The van der Waals surface area contributed by atoms with Gasteiger partial charge >= 0.3 is 86.5 Å².